The number of hydrogen-bond donors (Lipinski definition) is 0. The second-order valence-corrected chi connectivity index (χ2v) is 3.60. The van der Waals surface area contributed by atoms with Crippen molar-refractivity contribution in [1.29, 1.82) is 0 Å². The van der Waals surface area contributed by atoms with E-state index in [2.05, 4.69) is 25.8 Å². The van der Waals surface area contributed by atoms with Gasteiger partial charge in [0, 0.05) is 4.88 Å². The van der Waals surface area contributed by atoms with E-state index in [1.165, 1.54) is 15.6 Å². The maximum absolute atomic E-state index is 4.42. The third kappa shape index (κ3) is 2.94. The first-order chi connectivity index (χ1) is 5.77. The van der Waals surface area contributed by atoms with Crippen molar-refractivity contribution in [3.63, 3.8) is 0 Å². The van der Waals surface area contributed by atoms with Gasteiger partial charge in [0.05, 0.1) is 10.7 Å². The van der Waals surface area contributed by atoms with E-state index in [1.807, 2.05) is 25.2 Å². The SMILES string of the molecule is CC.CCc1nc(C)sc1CC. The fourth-order valence-electron chi connectivity index (χ4n) is 1.06. The van der Waals surface area contributed by atoms with Crippen LogP contribution in [0.5, 0.6) is 0 Å². The fourth-order valence-corrected chi connectivity index (χ4v) is 2.03. The molecule has 1 rings (SSSR count). The maximum atomic E-state index is 4.42. The minimum atomic E-state index is 1.08. The standard InChI is InChI=1S/C8H13NS.C2H6/c1-4-7-8(5-2)10-6(3)9-7;1-2/h4-5H2,1-3H3;1-2H3. The normalized spacial score (nSPS) is 9.08. The van der Waals surface area contributed by atoms with Crippen molar-refractivity contribution >= 4 is 11.3 Å². The molecule has 0 saturated carbocycles. The summed E-state index contributed by atoms with van der Waals surface area (Å²) in [5.74, 6) is 0. The molecule has 0 N–H and O–H groups in total. The lowest BCUT2D eigenvalue weighted by molar-refractivity contribution is 0.997. The highest BCUT2D eigenvalue weighted by Crippen LogP contribution is 2.18. The fraction of sp³-hybridized carbons (Fsp3) is 0.700. The molecule has 0 aromatic carbocycles. The van der Waals surface area contributed by atoms with Crippen molar-refractivity contribution < 1.29 is 0 Å². The summed E-state index contributed by atoms with van der Waals surface area (Å²) in [6, 6.07) is 0. The van der Waals surface area contributed by atoms with Crippen molar-refractivity contribution in [2.24, 2.45) is 0 Å². The van der Waals surface area contributed by atoms with E-state index in [4.69, 9.17) is 0 Å². The average molecular weight is 185 g/mol. The number of aromatic nitrogens is 1. The lowest BCUT2D eigenvalue weighted by Crippen LogP contribution is -1.85. The van der Waals surface area contributed by atoms with Crippen molar-refractivity contribution in [2.75, 3.05) is 0 Å². The Kier molecular flexibility index (Phi) is 5.99. The zero-order chi connectivity index (χ0) is 9.56. The van der Waals surface area contributed by atoms with E-state index in [1.54, 1.807) is 0 Å². The van der Waals surface area contributed by atoms with Gasteiger partial charge in [-0.05, 0) is 19.8 Å². The molecule has 0 radical (unpaired) electrons. The van der Waals surface area contributed by atoms with Crippen LogP contribution in [0, 0.1) is 6.92 Å². The quantitative estimate of drug-likeness (QED) is 0.686. The van der Waals surface area contributed by atoms with Gasteiger partial charge >= 0.3 is 0 Å². The number of hydrogen-bond acceptors (Lipinski definition) is 2. The monoisotopic (exact) mass is 185 g/mol. The summed E-state index contributed by atoms with van der Waals surface area (Å²) in [7, 11) is 0. The molecule has 0 aliphatic heterocycles. The van der Waals surface area contributed by atoms with Crippen LogP contribution in [0.3, 0.4) is 0 Å². The third-order valence-corrected chi connectivity index (χ3v) is 2.70. The van der Waals surface area contributed by atoms with E-state index in [0.717, 1.165) is 12.8 Å². The highest BCUT2D eigenvalue weighted by Gasteiger charge is 2.03. The molecule has 2 heteroatoms. The van der Waals surface area contributed by atoms with Gasteiger partial charge in [0.25, 0.3) is 0 Å². The van der Waals surface area contributed by atoms with Crippen LogP contribution in [0.15, 0.2) is 0 Å². The highest BCUT2D eigenvalue weighted by molar-refractivity contribution is 7.11. The molecule has 0 unspecified atom stereocenters. The minimum Gasteiger partial charge on any atom is -0.246 e. The number of rotatable bonds is 2. The lowest BCUT2D eigenvalue weighted by Gasteiger charge is -1.90. The van der Waals surface area contributed by atoms with Gasteiger partial charge in [-0.3, -0.25) is 0 Å². The summed E-state index contributed by atoms with van der Waals surface area (Å²) in [5.41, 5.74) is 1.30. The predicted octanol–water partition coefficient (Wildman–Crippen LogP) is 3.60. The largest absolute Gasteiger partial charge is 0.246 e. The Morgan fingerprint density at radius 2 is 1.75 bits per heavy atom. The van der Waals surface area contributed by atoms with Crippen molar-refractivity contribution in [3.05, 3.63) is 15.6 Å². The second-order valence-electron chi connectivity index (χ2n) is 2.31. The second kappa shape index (κ2) is 6.18. The topological polar surface area (TPSA) is 12.9 Å². The Morgan fingerprint density at radius 1 is 1.17 bits per heavy atom. The van der Waals surface area contributed by atoms with Gasteiger partial charge in [0.1, 0.15) is 0 Å². The molecule has 0 saturated heterocycles. The summed E-state index contributed by atoms with van der Waals surface area (Å²) < 4.78 is 0. The van der Waals surface area contributed by atoms with Crippen molar-refractivity contribution in [2.45, 2.75) is 47.5 Å². The summed E-state index contributed by atoms with van der Waals surface area (Å²) >= 11 is 1.83. The van der Waals surface area contributed by atoms with E-state index >= 15 is 0 Å². The molecule has 70 valence electrons. The summed E-state index contributed by atoms with van der Waals surface area (Å²) in [5, 5.41) is 1.20. The predicted molar refractivity (Wildman–Crippen MR) is 57.0 cm³/mol. The molecule has 1 heterocycles. The van der Waals surface area contributed by atoms with Crippen LogP contribution in [-0.2, 0) is 12.8 Å². The Balaban J connectivity index is 0.000000561. The van der Waals surface area contributed by atoms with Gasteiger partial charge < -0.3 is 0 Å². The van der Waals surface area contributed by atoms with Gasteiger partial charge in [-0.1, -0.05) is 27.7 Å². The number of aryl methyl sites for hydroxylation is 3. The summed E-state index contributed by atoms with van der Waals surface area (Å²) in [6.07, 6.45) is 2.21. The molecule has 0 fully saturated rings. The molecule has 0 atom stereocenters. The van der Waals surface area contributed by atoms with Crippen LogP contribution in [0.25, 0.3) is 0 Å². The number of thiazole rings is 1. The molecule has 0 bridgehead atoms. The van der Waals surface area contributed by atoms with Crippen LogP contribution in [-0.4, -0.2) is 4.98 Å². The first kappa shape index (κ1) is 11.6. The van der Waals surface area contributed by atoms with Gasteiger partial charge in [-0.15, -0.1) is 11.3 Å². The molecule has 0 amide bonds. The summed E-state index contributed by atoms with van der Waals surface area (Å²) in [6.45, 7) is 10.4. The molecular weight excluding hydrogens is 166 g/mol. The minimum absolute atomic E-state index is 1.08. The van der Waals surface area contributed by atoms with Crippen molar-refractivity contribution in [1.82, 2.24) is 4.98 Å². The smallest absolute Gasteiger partial charge is 0.0900 e. The number of nitrogens with zero attached hydrogens (tertiary/aromatic N) is 1. The maximum Gasteiger partial charge on any atom is 0.0900 e. The van der Waals surface area contributed by atoms with Crippen LogP contribution in [0.1, 0.15) is 43.3 Å². The Hall–Kier alpha value is -0.370. The first-order valence-corrected chi connectivity index (χ1v) is 5.54. The van der Waals surface area contributed by atoms with Gasteiger partial charge in [0.2, 0.25) is 0 Å². The third-order valence-electron chi connectivity index (χ3n) is 1.54. The van der Waals surface area contributed by atoms with E-state index in [9.17, 15) is 0 Å². The first-order valence-electron chi connectivity index (χ1n) is 4.73. The van der Waals surface area contributed by atoms with Crippen LogP contribution >= 0.6 is 11.3 Å². The molecule has 0 spiro atoms. The molecule has 12 heavy (non-hydrogen) atoms. The molecule has 1 aromatic rings. The molecule has 1 aromatic heterocycles. The van der Waals surface area contributed by atoms with Gasteiger partial charge in [-0.2, -0.15) is 0 Å². The van der Waals surface area contributed by atoms with E-state index < -0.39 is 0 Å². The van der Waals surface area contributed by atoms with Crippen LogP contribution in [0.2, 0.25) is 0 Å². The zero-order valence-corrected chi connectivity index (χ0v) is 9.59. The Labute approximate surface area is 79.9 Å². The molecular formula is C10H19NS. The molecule has 1 nitrogen and oxygen atoms in total. The van der Waals surface area contributed by atoms with Crippen LogP contribution in [0.4, 0.5) is 0 Å². The zero-order valence-electron chi connectivity index (χ0n) is 8.77. The van der Waals surface area contributed by atoms with Gasteiger partial charge in [0.15, 0.2) is 0 Å². The Bertz CT molecular complexity index is 194. The summed E-state index contributed by atoms with van der Waals surface area (Å²) in [4.78, 5) is 5.88. The lowest BCUT2D eigenvalue weighted by atomic mass is 10.2. The molecule has 0 aliphatic carbocycles. The van der Waals surface area contributed by atoms with Crippen molar-refractivity contribution in [3.8, 4) is 0 Å². The highest BCUT2D eigenvalue weighted by atomic mass is 32.1. The van der Waals surface area contributed by atoms with E-state index in [-0.39, 0.29) is 0 Å². The Morgan fingerprint density at radius 3 is 2.08 bits per heavy atom. The van der Waals surface area contributed by atoms with Gasteiger partial charge in [-0.25, -0.2) is 4.98 Å². The average Bonchev–Trinajstić information content (AvgIpc) is 2.49. The molecule has 0 aliphatic rings. The van der Waals surface area contributed by atoms with E-state index in [0.29, 0.717) is 0 Å². The van der Waals surface area contributed by atoms with Crippen LogP contribution < -0.4 is 0 Å².